The predicted octanol–water partition coefficient (Wildman–Crippen LogP) is 4.98. The first-order chi connectivity index (χ1) is 6.24. The van der Waals surface area contributed by atoms with E-state index in [-0.39, 0.29) is 0 Å². The average molecular weight is 469 g/mol. The third-order valence-corrected chi connectivity index (χ3v) is 27.8. The molecule has 0 rings (SSSR count). The summed E-state index contributed by atoms with van der Waals surface area (Å²) in [6.07, 6.45) is 5.78. The van der Waals surface area contributed by atoms with Gasteiger partial charge in [-0.3, -0.25) is 0 Å². The molecule has 13 heavy (non-hydrogen) atoms. The molecule has 0 aliphatic heterocycles. The Morgan fingerprint density at radius 1 is 0.846 bits per heavy atom. The summed E-state index contributed by atoms with van der Waals surface area (Å²) in [5.41, 5.74) is 0. The molecule has 0 saturated carbocycles. The van der Waals surface area contributed by atoms with E-state index in [0.29, 0.717) is 0 Å². The monoisotopic (exact) mass is 470 g/mol. The van der Waals surface area contributed by atoms with Gasteiger partial charge in [0.25, 0.3) is 0 Å². The average Bonchev–Trinajstić information content (AvgIpc) is 2.20. The third kappa shape index (κ3) is 6.22. The zero-order valence-corrected chi connectivity index (χ0v) is 15.3. The molecule has 0 unspecified atom stereocenters. The van der Waals surface area contributed by atoms with E-state index in [1.54, 1.807) is 10.5 Å². The Morgan fingerprint density at radius 2 is 1.23 bits per heavy atom. The first-order valence-electron chi connectivity index (χ1n) is 5.36. The van der Waals surface area contributed by atoms with Gasteiger partial charge in [0.1, 0.15) is 0 Å². The van der Waals surface area contributed by atoms with Gasteiger partial charge in [0.15, 0.2) is 0 Å². The summed E-state index contributed by atoms with van der Waals surface area (Å²) < 4.78 is 3.06. The van der Waals surface area contributed by atoms with Crippen molar-refractivity contribution >= 4 is 58.4 Å². The summed E-state index contributed by atoms with van der Waals surface area (Å²) in [5, 5.41) is 3.25. The minimum absolute atomic E-state index is 1.33. The maximum atomic E-state index is 2.66. The van der Waals surface area contributed by atoms with Crippen molar-refractivity contribution in [1.82, 2.24) is 0 Å². The van der Waals surface area contributed by atoms with Gasteiger partial charge in [-0.2, -0.15) is 0 Å². The molecule has 0 aliphatic rings. The second kappa shape index (κ2) is 9.24. The van der Waals surface area contributed by atoms with E-state index in [9.17, 15) is 0 Å². The molecule has 0 spiro atoms. The second-order valence-corrected chi connectivity index (χ2v) is 21.4. The third-order valence-electron chi connectivity index (χ3n) is 2.69. The molecule has 80 valence electrons. The molecule has 0 aromatic rings. The molecule has 0 amide bonds. The fourth-order valence-electron chi connectivity index (χ4n) is 1.53. The van der Waals surface area contributed by atoms with Gasteiger partial charge in [-0.05, 0) is 0 Å². The van der Waals surface area contributed by atoms with Crippen LogP contribution < -0.4 is 0 Å². The van der Waals surface area contributed by atoms with E-state index >= 15 is 0 Å². The van der Waals surface area contributed by atoms with Crippen LogP contribution in [0.3, 0.4) is 0 Å². The van der Waals surface area contributed by atoms with Crippen LogP contribution in [-0.2, 0) is 0 Å². The molecule has 0 aromatic heterocycles. The maximum absolute atomic E-state index is 2.66. The number of halogens is 2. The molecule has 0 aromatic carbocycles. The molecule has 0 fully saturated rings. The number of hydrogen-bond acceptors (Lipinski definition) is 0. The van der Waals surface area contributed by atoms with Crippen LogP contribution in [0.5, 0.6) is 0 Å². The van der Waals surface area contributed by atoms with Crippen LogP contribution in [0.15, 0.2) is 0 Å². The Bertz CT molecular complexity index is 103. The van der Waals surface area contributed by atoms with Crippen molar-refractivity contribution in [2.24, 2.45) is 0 Å². The van der Waals surface area contributed by atoms with Crippen LogP contribution in [-0.4, -0.2) is 19.8 Å². The van der Waals surface area contributed by atoms with Crippen molar-refractivity contribution in [1.29, 1.82) is 0 Å². The molecule has 0 saturated heterocycles. The van der Waals surface area contributed by atoms with Gasteiger partial charge in [-0.1, -0.05) is 0 Å². The number of unbranched alkanes of at least 4 members (excludes halogenated alkanes) is 2. The van der Waals surface area contributed by atoms with Crippen molar-refractivity contribution in [3.63, 3.8) is 0 Å². The second-order valence-electron chi connectivity index (χ2n) is 3.97. The van der Waals surface area contributed by atoms with Crippen LogP contribution in [0, 0.1) is 0 Å². The Labute approximate surface area is 114 Å². The first-order valence-corrected chi connectivity index (χ1v) is 14.3. The predicted molar refractivity (Wildman–Crippen MR) is 83.0 cm³/mol. The molecule has 0 radical (unpaired) electrons. The summed E-state index contributed by atoms with van der Waals surface area (Å²) in [7, 11) is 0. The normalized spacial score (nSPS) is 12.0. The van der Waals surface area contributed by atoms with Gasteiger partial charge < -0.3 is 0 Å². The Hall–Kier alpha value is 2.00. The van der Waals surface area contributed by atoms with Crippen molar-refractivity contribution < 1.29 is 0 Å². The van der Waals surface area contributed by atoms with E-state index in [2.05, 4.69) is 59.0 Å². The number of hydrogen-bond donors (Lipinski definition) is 0. The summed E-state index contributed by atoms with van der Waals surface area (Å²) >= 11 is 3.99. The summed E-state index contributed by atoms with van der Waals surface area (Å²) in [5.74, 6) is 0. The fraction of sp³-hybridized carbons (Fsp3) is 1.00. The number of alkyl halides is 2. The topological polar surface area (TPSA) is 0 Å². The molecular weight excluding hydrogens is 447 g/mol. The molecule has 3 heteroatoms. The van der Waals surface area contributed by atoms with E-state index < -0.39 is 13.3 Å². The van der Waals surface area contributed by atoms with Crippen molar-refractivity contribution in [3.05, 3.63) is 0 Å². The molecule has 0 aliphatic carbocycles. The van der Waals surface area contributed by atoms with Gasteiger partial charge in [0.05, 0.1) is 0 Å². The Balaban J connectivity index is 3.97. The molecule has 0 bridgehead atoms. The zero-order chi connectivity index (χ0) is 10.2. The van der Waals surface area contributed by atoms with Crippen LogP contribution >= 0.6 is 45.2 Å². The summed E-state index contributed by atoms with van der Waals surface area (Å²) in [4.78, 5) is 0. The van der Waals surface area contributed by atoms with E-state index in [4.69, 9.17) is 0 Å². The van der Waals surface area contributed by atoms with Gasteiger partial charge in [-0.15, -0.1) is 0 Å². The summed E-state index contributed by atoms with van der Waals surface area (Å²) in [6, 6.07) is 0. The van der Waals surface area contributed by atoms with Crippen LogP contribution in [0.25, 0.3) is 0 Å². The van der Waals surface area contributed by atoms with Crippen molar-refractivity contribution in [3.8, 4) is 0 Å². The fourth-order valence-corrected chi connectivity index (χ4v) is 24.1. The Morgan fingerprint density at radius 3 is 1.46 bits per heavy atom. The first kappa shape index (κ1) is 15.0. The van der Waals surface area contributed by atoms with E-state index in [1.807, 2.05) is 0 Å². The van der Waals surface area contributed by atoms with Gasteiger partial charge >= 0.3 is 115 Å². The van der Waals surface area contributed by atoms with Crippen LogP contribution in [0.2, 0.25) is 10.5 Å². The van der Waals surface area contributed by atoms with Crippen LogP contribution in [0.4, 0.5) is 0 Å². The summed E-state index contributed by atoms with van der Waals surface area (Å²) in [6.45, 7) is 4.65. The SMILES string of the molecule is CCC[CH2][Ge]([CH2]I)([CH2]I)[CH2]CCC. The van der Waals surface area contributed by atoms with Crippen molar-refractivity contribution in [2.75, 3.05) is 6.52 Å². The molecule has 0 nitrogen and oxygen atoms in total. The van der Waals surface area contributed by atoms with Crippen molar-refractivity contribution in [2.45, 2.75) is 50.0 Å². The minimum atomic E-state index is -1.33. The van der Waals surface area contributed by atoms with E-state index in [1.165, 1.54) is 32.2 Å². The molecule has 0 atom stereocenters. The Kier molecular flexibility index (Phi) is 10.7. The van der Waals surface area contributed by atoms with Gasteiger partial charge in [0.2, 0.25) is 0 Å². The zero-order valence-electron chi connectivity index (χ0n) is 8.91. The van der Waals surface area contributed by atoms with E-state index in [0.717, 1.165) is 0 Å². The number of rotatable bonds is 8. The van der Waals surface area contributed by atoms with Gasteiger partial charge in [0, 0.05) is 0 Å². The quantitative estimate of drug-likeness (QED) is 0.268. The standard InChI is InChI=1S/C10H22GeI2/c1-3-5-7-11(9-12,10-13)8-6-4-2/h3-10H2,1-2H3. The molecule has 0 N–H and O–H groups in total. The van der Waals surface area contributed by atoms with Crippen LogP contribution in [0.1, 0.15) is 39.5 Å². The molecular formula is C10H22GeI2. The van der Waals surface area contributed by atoms with Gasteiger partial charge in [-0.25, -0.2) is 0 Å². The molecule has 0 heterocycles.